The van der Waals surface area contributed by atoms with Gasteiger partial charge in [-0.2, -0.15) is 5.26 Å². The summed E-state index contributed by atoms with van der Waals surface area (Å²) in [7, 11) is 0. The van der Waals surface area contributed by atoms with Gasteiger partial charge in [0.25, 0.3) is 0 Å². The lowest BCUT2D eigenvalue weighted by atomic mass is 9.98. The Balaban J connectivity index is 2.11. The second-order valence-corrected chi connectivity index (χ2v) is 6.95. The molecule has 0 spiro atoms. The number of para-hydroxylation sites is 1. The van der Waals surface area contributed by atoms with Gasteiger partial charge in [0.2, 0.25) is 5.91 Å². The fourth-order valence-electron chi connectivity index (χ4n) is 3.08. The van der Waals surface area contributed by atoms with Crippen molar-refractivity contribution in [2.45, 2.75) is 40.2 Å². The number of carbonyl (C=O) groups is 2. The molecule has 1 unspecified atom stereocenters. The van der Waals surface area contributed by atoms with Gasteiger partial charge in [0.1, 0.15) is 0 Å². The molecule has 1 amide bonds. The SMILES string of the molecule is Cc1cc(C(=O)C(C#N)C(=O)NCCCOC(C)C)c(C)n1-c1ccccc1. The number of nitrogens with one attached hydrogen (secondary N) is 1. The lowest BCUT2D eigenvalue weighted by molar-refractivity contribution is -0.122. The highest BCUT2D eigenvalue weighted by atomic mass is 16.5. The van der Waals surface area contributed by atoms with E-state index in [0.717, 1.165) is 11.4 Å². The van der Waals surface area contributed by atoms with E-state index in [1.54, 1.807) is 6.07 Å². The number of amides is 1. The number of nitriles is 1. The van der Waals surface area contributed by atoms with Crippen LogP contribution < -0.4 is 5.32 Å². The van der Waals surface area contributed by atoms with Crippen molar-refractivity contribution in [2.24, 2.45) is 5.92 Å². The molecule has 0 aliphatic heterocycles. The number of carbonyl (C=O) groups excluding carboxylic acids is 2. The van der Waals surface area contributed by atoms with E-state index >= 15 is 0 Å². The minimum absolute atomic E-state index is 0.129. The lowest BCUT2D eigenvalue weighted by Crippen LogP contribution is -2.35. The Hall–Kier alpha value is -2.91. The molecule has 1 aromatic carbocycles. The van der Waals surface area contributed by atoms with Crippen LogP contribution in [0.2, 0.25) is 0 Å². The molecule has 6 nitrogen and oxygen atoms in total. The van der Waals surface area contributed by atoms with Crippen molar-refractivity contribution in [1.82, 2.24) is 9.88 Å². The van der Waals surface area contributed by atoms with E-state index < -0.39 is 17.6 Å². The average Bonchev–Trinajstić information content (AvgIpc) is 2.96. The van der Waals surface area contributed by atoms with Crippen LogP contribution >= 0.6 is 0 Å². The number of benzene rings is 1. The number of hydrogen-bond acceptors (Lipinski definition) is 4. The Morgan fingerprint density at radius 3 is 2.50 bits per heavy atom. The highest BCUT2D eigenvalue weighted by Gasteiger charge is 2.30. The Morgan fingerprint density at radius 1 is 1.21 bits per heavy atom. The number of Topliss-reactive ketones (excluding diaryl/α,β-unsaturated/α-hetero) is 1. The molecule has 6 heteroatoms. The van der Waals surface area contributed by atoms with Crippen LogP contribution in [0.5, 0.6) is 0 Å². The first-order valence-electron chi connectivity index (χ1n) is 9.44. The zero-order valence-electron chi connectivity index (χ0n) is 16.9. The number of ether oxygens (including phenoxy) is 1. The summed E-state index contributed by atoms with van der Waals surface area (Å²) in [6, 6.07) is 13.2. The largest absolute Gasteiger partial charge is 0.379 e. The predicted octanol–water partition coefficient (Wildman–Crippen LogP) is 3.35. The topological polar surface area (TPSA) is 84.1 Å². The molecule has 0 aliphatic carbocycles. The summed E-state index contributed by atoms with van der Waals surface area (Å²) in [6.45, 7) is 8.47. The smallest absolute Gasteiger partial charge is 0.245 e. The Bertz CT molecular complexity index is 863. The van der Waals surface area contributed by atoms with Crippen LogP contribution in [0.4, 0.5) is 0 Å². The summed E-state index contributed by atoms with van der Waals surface area (Å²) in [4.78, 5) is 25.2. The van der Waals surface area contributed by atoms with Gasteiger partial charge in [-0.3, -0.25) is 9.59 Å². The van der Waals surface area contributed by atoms with E-state index in [2.05, 4.69) is 5.32 Å². The van der Waals surface area contributed by atoms with Gasteiger partial charge in [-0.05, 0) is 52.3 Å². The van der Waals surface area contributed by atoms with E-state index in [-0.39, 0.29) is 6.10 Å². The summed E-state index contributed by atoms with van der Waals surface area (Å²) in [5.41, 5.74) is 2.91. The zero-order chi connectivity index (χ0) is 20.7. The number of aryl methyl sites for hydroxylation is 1. The van der Waals surface area contributed by atoms with E-state index in [0.29, 0.717) is 30.8 Å². The maximum Gasteiger partial charge on any atom is 0.245 e. The van der Waals surface area contributed by atoms with Crippen LogP contribution in [0, 0.1) is 31.1 Å². The molecule has 0 saturated carbocycles. The molecule has 0 saturated heterocycles. The molecule has 2 aromatic rings. The molecule has 0 radical (unpaired) electrons. The molecule has 2 rings (SSSR count). The van der Waals surface area contributed by atoms with Crippen LogP contribution in [0.3, 0.4) is 0 Å². The Kier molecular flexibility index (Phi) is 7.53. The molecule has 0 aliphatic rings. The quantitative estimate of drug-likeness (QED) is 0.410. The van der Waals surface area contributed by atoms with Gasteiger partial charge in [-0.1, -0.05) is 18.2 Å². The third kappa shape index (κ3) is 5.08. The highest BCUT2D eigenvalue weighted by molar-refractivity contribution is 6.12. The van der Waals surface area contributed by atoms with Crippen molar-refractivity contribution >= 4 is 11.7 Å². The van der Waals surface area contributed by atoms with E-state index in [9.17, 15) is 14.9 Å². The molecule has 1 atom stereocenters. The number of ketones is 1. The average molecular weight is 381 g/mol. The van der Waals surface area contributed by atoms with Gasteiger partial charge in [0.05, 0.1) is 12.2 Å². The molecule has 1 N–H and O–H groups in total. The standard InChI is InChI=1S/C22H27N3O3/c1-15(2)28-12-8-11-24-22(27)20(14-23)21(26)19-13-16(3)25(17(19)4)18-9-6-5-7-10-18/h5-7,9-10,13,15,20H,8,11-12H2,1-4H3,(H,24,27). The van der Waals surface area contributed by atoms with Crippen LogP contribution in [-0.2, 0) is 9.53 Å². The minimum atomic E-state index is -1.37. The summed E-state index contributed by atoms with van der Waals surface area (Å²) < 4.78 is 7.36. The Morgan fingerprint density at radius 2 is 1.89 bits per heavy atom. The number of aromatic nitrogens is 1. The fraction of sp³-hybridized carbons (Fsp3) is 0.409. The van der Waals surface area contributed by atoms with Crippen molar-refractivity contribution < 1.29 is 14.3 Å². The van der Waals surface area contributed by atoms with Crippen LogP contribution in [0.15, 0.2) is 36.4 Å². The third-order valence-electron chi connectivity index (χ3n) is 4.44. The van der Waals surface area contributed by atoms with Gasteiger partial charge in [-0.15, -0.1) is 0 Å². The van der Waals surface area contributed by atoms with Gasteiger partial charge in [-0.25, -0.2) is 0 Å². The van der Waals surface area contributed by atoms with Crippen LogP contribution in [0.25, 0.3) is 5.69 Å². The second kappa shape index (κ2) is 9.86. The first kappa shape index (κ1) is 21.4. The predicted molar refractivity (Wildman–Crippen MR) is 107 cm³/mol. The van der Waals surface area contributed by atoms with Crippen molar-refractivity contribution in [2.75, 3.05) is 13.2 Å². The van der Waals surface area contributed by atoms with Gasteiger partial charge < -0.3 is 14.6 Å². The summed E-state index contributed by atoms with van der Waals surface area (Å²) in [5, 5.41) is 12.1. The van der Waals surface area contributed by atoms with Crippen molar-refractivity contribution in [3.63, 3.8) is 0 Å². The summed E-state index contributed by atoms with van der Waals surface area (Å²) in [5.74, 6) is -2.41. The maximum absolute atomic E-state index is 12.9. The van der Waals surface area contributed by atoms with Crippen molar-refractivity contribution in [3.05, 3.63) is 53.3 Å². The fourth-order valence-corrected chi connectivity index (χ4v) is 3.08. The molecule has 1 aromatic heterocycles. The first-order chi connectivity index (χ1) is 13.4. The first-order valence-corrected chi connectivity index (χ1v) is 9.44. The number of rotatable bonds is 9. The molecule has 0 fully saturated rings. The summed E-state index contributed by atoms with van der Waals surface area (Å²) in [6.07, 6.45) is 0.752. The molecule has 148 valence electrons. The van der Waals surface area contributed by atoms with E-state index in [1.807, 2.05) is 68.7 Å². The number of hydrogen-bond donors (Lipinski definition) is 1. The van der Waals surface area contributed by atoms with Crippen LogP contribution in [0.1, 0.15) is 42.0 Å². The zero-order valence-corrected chi connectivity index (χ0v) is 16.9. The van der Waals surface area contributed by atoms with Gasteiger partial charge >= 0.3 is 0 Å². The van der Waals surface area contributed by atoms with Crippen molar-refractivity contribution in [1.29, 1.82) is 5.26 Å². The summed E-state index contributed by atoms with van der Waals surface area (Å²) >= 11 is 0. The second-order valence-electron chi connectivity index (χ2n) is 6.95. The maximum atomic E-state index is 12.9. The van der Waals surface area contributed by atoms with Gasteiger partial charge in [0.15, 0.2) is 11.7 Å². The van der Waals surface area contributed by atoms with E-state index in [1.165, 1.54) is 0 Å². The van der Waals surface area contributed by atoms with Crippen molar-refractivity contribution in [3.8, 4) is 11.8 Å². The monoisotopic (exact) mass is 381 g/mol. The van der Waals surface area contributed by atoms with Crippen LogP contribution in [-0.4, -0.2) is 35.5 Å². The molecular weight excluding hydrogens is 354 g/mol. The minimum Gasteiger partial charge on any atom is -0.379 e. The normalized spacial score (nSPS) is 11.9. The molecular formula is C22H27N3O3. The third-order valence-corrected chi connectivity index (χ3v) is 4.44. The number of nitrogens with zero attached hydrogens (tertiary/aromatic N) is 2. The van der Waals surface area contributed by atoms with Gasteiger partial charge in [0, 0.05) is 35.8 Å². The molecule has 0 bridgehead atoms. The highest BCUT2D eigenvalue weighted by Crippen LogP contribution is 2.23. The lowest BCUT2D eigenvalue weighted by Gasteiger charge is -2.12. The van der Waals surface area contributed by atoms with E-state index in [4.69, 9.17) is 4.74 Å². The Labute approximate surface area is 166 Å². The molecule has 1 heterocycles. The molecule has 28 heavy (non-hydrogen) atoms.